The van der Waals surface area contributed by atoms with Gasteiger partial charge in [0.2, 0.25) is 5.91 Å². The first kappa shape index (κ1) is 18.5. The summed E-state index contributed by atoms with van der Waals surface area (Å²) >= 11 is 12.2. The maximum absolute atomic E-state index is 12.9. The number of amides is 2. The van der Waals surface area contributed by atoms with Gasteiger partial charge in [-0.25, -0.2) is 0 Å². The molecule has 136 valence electrons. The number of likely N-dealkylation sites (tertiary alicyclic amines) is 1. The maximum Gasteiger partial charge on any atom is 0.256 e. The molecule has 3 rings (SSSR count). The van der Waals surface area contributed by atoms with Crippen LogP contribution in [0.1, 0.15) is 43.0 Å². The zero-order chi connectivity index (χ0) is 18.0. The first-order chi connectivity index (χ1) is 12.0. The summed E-state index contributed by atoms with van der Waals surface area (Å²) in [5, 5.41) is 7.30. The monoisotopic (exact) mass is 383 g/mol. The molecule has 0 aliphatic carbocycles. The van der Waals surface area contributed by atoms with Crippen LogP contribution in [0.4, 0.5) is 0 Å². The molecule has 2 heterocycles. The molecule has 2 N–H and O–H groups in total. The zero-order valence-corrected chi connectivity index (χ0v) is 15.7. The number of hydrogen-bond acceptors (Lipinski definition) is 3. The summed E-state index contributed by atoms with van der Waals surface area (Å²) in [6.45, 7) is 3.61. The summed E-state index contributed by atoms with van der Waals surface area (Å²) < 4.78 is 0. The van der Waals surface area contributed by atoms with Crippen LogP contribution in [0.25, 0.3) is 0 Å². The van der Waals surface area contributed by atoms with E-state index >= 15 is 0 Å². The van der Waals surface area contributed by atoms with Crippen molar-refractivity contribution in [3.63, 3.8) is 0 Å². The summed E-state index contributed by atoms with van der Waals surface area (Å²) in [7, 11) is 0. The van der Waals surface area contributed by atoms with Crippen LogP contribution in [0.5, 0.6) is 0 Å². The summed E-state index contributed by atoms with van der Waals surface area (Å²) in [6, 6.07) is 4.72. The highest BCUT2D eigenvalue weighted by molar-refractivity contribution is 6.35. The van der Waals surface area contributed by atoms with E-state index in [0.717, 1.165) is 25.8 Å². The van der Waals surface area contributed by atoms with Gasteiger partial charge in [0.1, 0.15) is 6.04 Å². The number of hydrogen-bond donors (Lipinski definition) is 2. The van der Waals surface area contributed by atoms with Gasteiger partial charge in [-0.1, -0.05) is 23.2 Å². The lowest BCUT2D eigenvalue weighted by atomic mass is 9.99. The van der Waals surface area contributed by atoms with Gasteiger partial charge in [-0.15, -0.1) is 0 Å². The fraction of sp³-hybridized carbons (Fsp3) is 0.556. The molecule has 1 aromatic carbocycles. The molecule has 0 bridgehead atoms. The molecule has 7 heteroatoms. The molecular formula is C18H23Cl2N3O2. The Kier molecular flexibility index (Phi) is 5.87. The predicted octanol–water partition coefficient (Wildman–Crippen LogP) is 2.85. The SMILES string of the molecule is CC1NCCCC1NC(=O)C1CCCN1C(=O)c1cc(Cl)ccc1Cl. The Morgan fingerprint density at radius 3 is 2.80 bits per heavy atom. The lowest BCUT2D eigenvalue weighted by Crippen LogP contribution is -2.56. The fourth-order valence-corrected chi connectivity index (χ4v) is 3.99. The average Bonchev–Trinajstić information content (AvgIpc) is 3.08. The minimum Gasteiger partial charge on any atom is -0.350 e. The smallest absolute Gasteiger partial charge is 0.256 e. The summed E-state index contributed by atoms with van der Waals surface area (Å²) in [6.07, 6.45) is 3.48. The molecule has 3 unspecified atom stereocenters. The first-order valence-electron chi connectivity index (χ1n) is 8.77. The highest BCUT2D eigenvalue weighted by Gasteiger charge is 2.36. The van der Waals surface area contributed by atoms with Crippen molar-refractivity contribution in [1.82, 2.24) is 15.5 Å². The molecule has 0 saturated carbocycles. The van der Waals surface area contributed by atoms with Gasteiger partial charge in [0.25, 0.3) is 5.91 Å². The highest BCUT2D eigenvalue weighted by Crippen LogP contribution is 2.26. The predicted molar refractivity (Wildman–Crippen MR) is 99.1 cm³/mol. The number of carbonyl (C=O) groups is 2. The van der Waals surface area contributed by atoms with Crippen molar-refractivity contribution in [3.05, 3.63) is 33.8 Å². The van der Waals surface area contributed by atoms with Gasteiger partial charge in [-0.3, -0.25) is 9.59 Å². The van der Waals surface area contributed by atoms with Crippen LogP contribution in [0.2, 0.25) is 10.0 Å². The van der Waals surface area contributed by atoms with E-state index in [2.05, 4.69) is 17.6 Å². The largest absolute Gasteiger partial charge is 0.350 e. The zero-order valence-electron chi connectivity index (χ0n) is 14.2. The maximum atomic E-state index is 12.9. The molecule has 25 heavy (non-hydrogen) atoms. The Morgan fingerprint density at radius 1 is 1.24 bits per heavy atom. The van der Waals surface area contributed by atoms with Crippen LogP contribution >= 0.6 is 23.2 Å². The van der Waals surface area contributed by atoms with Crippen molar-refractivity contribution in [2.75, 3.05) is 13.1 Å². The minimum atomic E-state index is -0.448. The van der Waals surface area contributed by atoms with E-state index in [-0.39, 0.29) is 23.9 Å². The van der Waals surface area contributed by atoms with Crippen molar-refractivity contribution < 1.29 is 9.59 Å². The van der Waals surface area contributed by atoms with Crippen LogP contribution in [-0.2, 0) is 4.79 Å². The molecule has 2 aliphatic rings. The number of halogens is 2. The van der Waals surface area contributed by atoms with E-state index in [4.69, 9.17) is 23.2 Å². The Labute approximate surface area is 158 Å². The van der Waals surface area contributed by atoms with Gasteiger partial charge in [-0.2, -0.15) is 0 Å². The topological polar surface area (TPSA) is 61.4 Å². The van der Waals surface area contributed by atoms with E-state index in [1.54, 1.807) is 23.1 Å². The van der Waals surface area contributed by atoms with Crippen molar-refractivity contribution >= 4 is 35.0 Å². The Morgan fingerprint density at radius 2 is 2.04 bits per heavy atom. The summed E-state index contributed by atoms with van der Waals surface area (Å²) in [5.74, 6) is -0.315. The van der Waals surface area contributed by atoms with Crippen molar-refractivity contribution in [3.8, 4) is 0 Å². The van der Waals surface area contributed by atoms with Crippen molar-refractivity contribution in [1.29, 1.82) is 0 Å². The van der Waals surface area contributed by atoms with E-state index in [1.165, 1.54) is 0 Å². The first-order valence-corrected chi connectivity index (χ1v) is 9.52. The van der Waals surface area contributed by atoms with Crippen LogP contribution in [0.3, 0.4) is 0 Å². The Balaban J connectivity index is 1.72. The number of nitrogens with zero attached hydrogens (tertiary/aromatic N) is 1. The quantitative estimate of drug-likeness (QED) is 0.843. The number of benzene rings is 1. The number of carbonyl (C=O) groups excluding carboxylic acids is 2. The van der Waals surface area contributed by atoms with Gasteiger partial charge in [0.05, 0.1) is 10.6 Å². The number of rotatable bonds is 3. The van der Waals surface area contributed by atoms with Crippen LogP contribution < -0.4 is 10.6 Å². The minimum absolute atomic E-state index is 0.0791. The second kappa shape index (κ2) is 7.94. The fourth-order valence-electron chi connectivity index (χ4n) is 3.62. The van der Waals surface area contributed by atoms with E-state index in [9.17, 15) is 9.59 Å². The van der Waals surface area contributed by atoms with E-state index in [1.807, 2.05) is 0 Å². The molecule has 3 atom stereocenters. The van der Waals surface area contributed by atoms with Gasteiger partial charge in [0, 0.05) is 23.7 Å². The standard InChI is InChI=1S/C18H23Cl2N3O2/c1-11-15(4-2-8-21-11)22-17(24)16-5-3-9-23(16)18(25)13-10-12(19)6-7-14(13)20/h6-7,10-11,15-16,21H,2-5,8-9H2,1H3,(H,22,24). The molecule has 2 aliphatic heterocycles. The normalized spacial score (nSPS) is 26.5. The van der Waals surface area contributed by atoms with E-state index in [0.29, 0.717) is 28.6 Å². The molecule has 5 nitrogen and oxygen atoms in total. The molecule has 2 saturated heterocycles. The lowest BCUT2D eigenvalue weighted by molar-refractivity contribution is -0.125. The van der Waals surface area contributed by atoms with Crippen LogP contribution in [0.15, 0.2) is 18.2 Å². The van der Waals surface area contributed by atoms with Gasteiger partial charge in [0.15, 0.2) is 0 Å². The average molecular weight is 384 g/mol. The molecule has 0 spiro atoms. The molecular weight excluding hydrogens is 361 g/mol. The van der Waals surface area contributed by atoms with Crippen molar-refractivity contribution in [2.24, 2.45) is 0 Å². The Hall–Kier alpha value is -1.30. The second-order valence-electron chi connectivity index (χ2n) is 6.78. The molecule has 0 aromatic heterocycles. The molecule has 1 aromatic rings. The molecule has 2 fully saturated rings. The highest BCUT2D eigenvalue weighted by atomic mass is 35.5. The third-order valence-corrected chi connectivity index (χ3v) is 5.63. The van der Waals surface area contributed by atoms with Crippen molar-refractivity contribution in [2.45, 2.75) is 50.7 Å². The summed E-state index contributed by atoms with van der Waals surface area (Å²) in [4.78, 5) is 27.3. The van der Waals surface area contributed by atoms with Gasteiger partial charge >= 0.3 is 0 Å². The van der Waals surface area contributed by atoms with E-state index < -0.39 is 6.04 Å². The Bertz CT molecular complexity index is 668. The molecule has 0 radical (unpaired) electrons. The number of piperidine rings is 1. The molecule has 2 amide bonds. The second-order valence-corrected chi connectivity index (χ2v) is 7.62. The van der Waals surface area contributed by atoms with Crippen LogP contribution in [0, 0.1) is 0 Å². The summed E-state index contributed by atoms with van der Waals surface area (Å²) in [5.41, 5.74) is 0.349. The van der Waals surface area contributed by atoms with Gasteiger partial charge < -0.3 is 15.5 Å². The van der Waals surface area contributed by atoms with Gasteiger partial charge in [-0.05, 0) is 57.4 Å². The lowest BCUT2D eigenvalue weighted by Gasteiger charge is -2.33. The third-order valence-electron chi connectivity index (χ3n) is 5.06. The third kappa shape index (κ3) is 4.10. The van der Waals surface area contributed by atoms with Crippen LogP contribution in [-0.4, -0.2) is 47.9 Å². The number of nitrogens with one attached hydrogen (secondary N) is 2.